The molecule has 1 fully saturated rings. The number of hydrogen-bond acceptors (Lipinski definition) is 3. The normalized spacial score (nSPS) is 29.2. The van der Waals surface area contributed by atoms with Crippen molar-refractivity contribution in [2.45, 2.75) is 42.2 Å². The Morgan fingerprint density at radius 3 is 2.82 bits per heavy atom. The molecule has 0 amide bonds. The van der Waals surface area contributed by atoms with E-state index in [4.69, 9.17) is 5.73 Å². The first-order valence-corrected chi connectivity index (χ1v) is 7.32. The Kier molecular flexibility index (Phi) is 4.48. The summed E-state index contributed by atoms with van der Waals surface area (Å²) >= 11 is 1.98. The molecule has 2 nitrogen and oxygen atoms in total. The van der Waals surface area contributed by atoms with Crippen molar-refractivity contribution in [1.82, 2.24) is 0 Å². The van der Waals surface area contributed by atoms with Crippen molar-refractivity contribution in [3.63, 3.8) is 0 Å². The lowest BCUT2D eigenvalue weighted by molar-refractivity contribution is 0.159. The third-order valence-corrected chi connectivity index (χ3v) is 4.85. The quantitative estimate of drug-likeness (QED) is 0.864. The van der Waals surface area contributed by atoms with E-state index in [0.29, 0.717) is 5.25 Å². The van der Waals surface area contributed by atoms with Crippen LogP contribution in [0.1, 0.15) is 31.2 Å². The first kappa shape index (κ1) is 12.9. The average Bonchev–Trinajstić information content (AvgIpc) is 2.38. The number of hydrogen-bond donors (Lipinski definition) is 2. The van der Waals surface area contributed by atoms with Gasteiger partial charge in [0.05, 0.1) is 6.61 Å². The third-order valence-electron chi connectivity index (χ3n) is 3.48. The molecule has 3 N–H and O–H groups in total. The summed E-state index contributed by atoms with van der Waals surface area (Å²) in [6, 6.07) is 10.5. The number of aliphatic hydroxyl groups excluding tert-OH is 1. The fourth-order valence-electron chi connectivity index (χ4n) is 2.41. The maximum atomic E-state index is 9.32. The molecular formula is C14H21NOS. The molecule has 0 heterocycles. The highest BCUT2D eigenvalue weighted by Crippen LogP contribution is 2.34. The van der Waals surface area contributed by atoms with Gasteiger partial charge in [-0.1, -0.05) is 36.8 Å². The molecule has 0 aliphatic heterocycles. The topological polar surface area (TPSA) is 46.2 Å². The second kappa shape index (κ2) is 5.89. The van der Waals surface area contributed by atoms with E-state index >= 15 is 0 Å². The Hall–Kier alpha value is -0.510. The Morgan fingerprint density at radius 2 is 2.12 bits per heavy atom. The van der Waals surface area contributed by atoms with E-state index in [1.54, 1.807) is 0 Å². The molecule has 0 aromatic heterocycles. The molecule has 2 atom stereocenters. The fraction of sp³-hybridized carbons (Fsp3) is 0.571. The number of benzene rings is 1. The molecule has 1 aromatic carbocycles. The van der Waals surface area contributed by atoms with Gasteiger partial charge >= 0.3 is 0 Å². The van der Waals surface area contributed by atoms with Crippen LogP contribution in [-0.2, 0) is 5.75 Å². The van der Waals surface area contributed by atoms with Crippen molar-refractivity contribution < 1.29 is 5.11 Å². The second-order valence-electron chi connectivity index (χ2n) is 5.04. The lowest BCUT2D eigenvalue weighted by Gasteiger charge is -2.36. The smallest absolute Gasteiger partial charge is 0.0611 e. The van der Waals surface area contributed by atoms with Gasteiger partial charge in [-0.05, 0) is 24.8 Å². The van der Waals surface area contributed by atoms with Gasteiger partial charge in [-0.25, -0.2) is 0 Å². The predicted octanol–water partition coefficient (Wildman–Crippen LogP) is 2.55. The van der Waals surface area contributed by atoms with Gasteiger partial charge in [-0.2, -0.15) is 11.8 Å². The molecule has 1 saturated carbocycles. The average molecular weight is 251 g/mol. The standard InChI is InChI=1S/C14H21NOS/c15-14(11-16)8-4-7-13(9-14)17-10-12-5-2-1-3-6-12/h1-3,5-6,13,16H,4,7-11,15H2. The van der Waals surface area contributed by atoms with Crippen LogP contribution in [0.15, 0.2) is 30.3 Å². The van der Waals surface area contributed by atoms with Gasteiger partial charge < -0.3 is 10.8 Å². The van der Waals surface area contributed by atoms with Crippen LogP contribution >= 0.6 is 11.8 Å². The number of thioether (sulfide) groups is 1. The molecule has 2 rings (SSSR count). The molecule has 0 radical (unpaired) electrons. The lowest BCUT2D eigenvalue weighted by atomic mass is 9.83. The summed E-state index contributed by atoms with van der Waals surface area (Å²) < 4.78 is 0. The van der Waals surface area contributed by atoms with Crippen LogP contribution < -0.4 is 5.73 Å². The predicted molar refractivity (Wildman–Crippen MR) is 74.0 cm³/mol. The summed E-state index contributed by atoms with van der Waals surface area (Å²) in [5.41, 5.74) is 7.20. The minimum atomic E-state index is -0.327. The zero-order valence-electron chi connectivity index (χ0n) is 10.1. The van der Waals surface area contributed by atoms with E-state index in [1.807, 2.05) is 17.8 Å². The van der Waals surface area contributed by atoms with Gasteiger partial charge in [0.15, 0.2) is 0 Å². The fourth-order valence-corrected chi connectivity index (χ4v) is 3.82. The molecule has 2 unspecified atom stereocenters. The SMILES string of the molecule is NC1(CO)CCCC(SCc2ccccc2)C1. The van der Waals surface area contributed by atoms with Crippen molar-refractivity contribution in [3.8, 4) is 0 Å². The van der Waals surface area contributed by atoms with Crippen LogP contribution in [0.4, 0.5) is 0 Å². The Morgan fingerprint density at radius 1 is 1.35 bits per heavy atom. The maximum absolute atomic E-state index is 9.32. The minimum Gasteiger partial charge on any atom is -0.394 e. The first-order valence-electron chi connectivity index (χ1n) is 6.27. The lowest BCUT2D eigenvalue weighted by Crippen LogP contribution is -2.48. The molecular weight excluding hydrogens is 230 g/mol. The zero-order chi connectivity index (χ0) is 12.1. The molecule has 94 valence electrons. The van der Waals surface area contributed by atoms with E-state index in [0.717, 1.165) is 25.0 Å². The molecule has 1 aromatic rings. The zero-order valence-corrected chi connectivity index (χ0v) is 11.0. The largest absolute Gasteiger partial charge is 0.394 e. The first-order chi connectivity index (χ1) is 8.22. The number of aliphatic hydroxyl groups is 1. The molecule has 0 bridgehead atoms. The summed E-state index contributed by atoms with van der Waals surface area (Å²) in [6.07, 6.45) is 4.28. The van der Waals surface area contributed by atoms with E-state index in [-0.39, 0.29) is 12.1 Å². The van der Waals surface area contributed by atoms with Crippen LogP contribution in [0, 0.1) is 0 Å². The van der Waals surface area contributed by atoms with Crippen molar-refractivity contribution in [1.29, 1.82) is 0 Å². The molecule has 1 aliphatic carbocycles. The van der Waals surface area contributed by atoms with Gasteiger partial charge in [0.25, 0.3) is 0 Å². The maximum Gasteiger partial charge on any atom is 0.0611 e. The van der Waals surface area contributed by atoms with E-state index < -0.39 is 0 Å². The molecule has 0 spiro atoms. The van der Waals surface area contributed by atoms with Crippen molar-refractivity contribution >= 4 is 11.8 Å². The summed E-state index contributed by atoms with van der Waals surface area (Å²) in [6.45, 7) is 0.120. The van der Waals surface area contributed by atoms with E-state index in [2.05, 4.69) is 24.3 Å². The van der Waals surface area contributed by atoms with Gasteiger partial charge in [-0.3, -0.25) is 0 Å². The highest BCUT2D eigenvalue weighted by Gasteiger charge is 2.32. The van der Waals surface area contributed by atoms with E-state index in [9.17, 15) is 5.11 Å². The molecule has 17 heavy (non-hydrogen) atoms. The highest BCUT2D eigenvalue weighted by molar-refractivity contribution is 7.99. The Labute approximate surface area is 108 Å². The van der Waals surface area contributed by atoms with Gasteiger partial charge in [-0.15, -0.1) is 0 Å². The second-order valence-corrected chi connectivity index (χ2v) is 6.32. The van der Waals surface area contributed by atoms with Crippen LogP contribution in [0.3, 0.4) is 0 Å². The highest BCUT2D eigenvalue weighted by atomic mass is 32.2. The summed E-state index contributed by atoms with van der Waals surface area (Å²) in [5, 5.41) is 9.92. The summed E-state index contributed by atoms with van der Waals surface area (Å²) in [7, 11) is 0. The monoisotopic (exact) mass is 251 g/mol. The van der Waals surface area contributed by atoms with Gasteiger partial charge in [0, 0.05) is 16.5 Å². The van der Waals surface area contributed by atoms with Gasteiger partial charge in [0.1, 0.15) is 0 Å². The van der Waals surface area contributed by atoms with Crippen molar-refractivity contribution in [3.05, 3.63) is 35.9 Å². The molecule has 1 aliphatic rings. The van der Waals surface area contributed by atoms with Crippen LogP contribution in [0.2, 0.25) is 0 Å². The van der Waals surface area contributed by atoms with Crippen LogP contribution in [0.25, 0.3) is 0 Å². The Bertz CT molecular complexity index is 343. The molecule has 3 heteroatoms. The summed E-state index contributed by atoms with van der Waals surface area (Å²) in [5.74, 6) is 1.05. The van der Waals surface area contributed by atoms with Crippen molar-refractivity contribution in [2.24, 2.45) is 5.73 Å². The van der Waals surface area contributed by atoms with Crippen LogP contribution in [0.5, 0.6) is 0 Å². The number of nitrogens with two attached hydrogens (primary N) is 1. The number of rotatable bonds is 4. The van der Waals surface area contributed by atoms with Crippen molar-refractivity contribution in [2.75, 3.05) is 6.61 Å². The van der Waals surface area contributed by atoms with Gasteiger partial charge in [0.2, 0.25) is 0 Å². The minimum absolute atomic E-state index is 0.120. The third kappa shape index (κ3) is 3.73. The van der Waals surface area contributed by atoms with E-state index in [1.165, 1.54) is 12.0 Å². The van der Waals surface area contributed by atoms with Crippen LogP contribution in [-0.4, -0.2) is 22.5 Å². The summed E-state index contributed by atoms with van der Waals surface area (Å²) in [4.78, 5) is 0. The molecule has 0 saturated heterocycles. The Balaban J connectivity index is 1.83.